The van der Waals surface area contributed by atoms with Gasteiger partial charge in [-0.15, -0.1) is 0 Å². The van der Waals surface area contributed by atoms with Gasteiger partial charge >= 0.3 is 0 Å². The van der Waals surface area contributed by atoms with E-state index >= 15 is 0 Å². The second-order valence-corrected chi connectivity index (χ2v) is 9.42. The van der Waals surface area contributed by atoms with E-state index in [2.05, 4.69) is 0 Å². The number of nitrogens with zero attached hydrogens (tertiary/aromatic N) is 3. The van der Waals surface area contributed by atoms with Gasteiger partial charge in [-0.05, 0) is 41.1 Å². The molecule has 1 amide bonds. The monoisotopic (exact) mass is 525 g/mol. The molecule has 0 radical (unpaired) electrons. The summed E-state index contributed by atoms with van der Waals surface area (Å²) in [7, 11) is 1.44. The number of amidine groups is 1. The number of nitro benzene ring substituents is 1. The van der Waals surface area contributed by atoms with Gasteiger partial charge in [-0.2, -0.15) is 0 Å². The maximum atomic E-state index is 13.4. The Morgan fingerprint density at radius 3 is 2.39 bits per heavy atom. The van der Waals surface area contributed by atoms with Gasteiger partial charge in [0.25, 0.3) is 11.6 Å². The van der Waals surface area contributed by atoms with Gasteiger partial charge in [-0.25, -0.2) is 0 Å². The standard InChI is InChI=1S/C29H23N3O5S/c1-36-26-16-22(32(34)35)12-14-24(26)25-15-13-23(37-25)17-27-28(33)31(19-21-10-6-3-7-11-21)29(38-27)30-18-20-8-4-2-5-9-20/h2-17H,18-19H2,1H3/b27-17-,30-29?. The molecule has 4 aromatic rings. The van der Waals surface area contributed by atoms with Crippen molar-refractivity contribution in [2.75, 3.05) is 7.11 Å². The summed E-state index contributed by atoms with van der Waals surface area (Å²) in [4.78, 5) is 31.0. The van der Waals surface area contributed by atoms with Crippen LogP contribution in [0.15, 0.2) is 105 Å². The zero-order valence-corrected chi connectivity index (χ0v) is 21.3. The smallest absolute Gasteiger partial charge is 0.273 e. The minimum atomic E-state index is -0.481. The highest BCUT2D eigenvalue weighted by molar-refractivity contribution is 8.18. The lowest BCUT2D eigenvalue weighted by Gasteiger charge is -2.15. The van der Waals surface area contributed by atoms with Crippen molar-refractivity contribution < 1.29 is 18.9 Å². The van der Waals surface area contributed by atoms with Gasteiger partial charge in [0, 0.05) is 12.1 Å². The van der Waals surface area contributed by atoms with Crippen LogP contribution < -0.4 is 4.74 Å². The Balaban J connectivity index is 1.43. The summed E-state index contributed by atoms with van der Waals surface area (Å²) in [5.74, 6) is 1.11. The minimum absolute atomic E-state index is 0.0757. The molecule has 8 nitrogen and oxygen atoms in total. The van der Waals surface area contributed by atoms with Crippen LogP contribution in [0.5, 0.6) is 5.75 Å². The third kappa shape index (κ3) is 5.52. The molecule has 0 atom stereocenters. The first-order valence-corrected chi connectivity index (χ1v) is 12.6. The molecule has 0 saturated carbocycles. The molecule has 0 spiro atoms. The van der Waals surface area contributed by atoms with E-state index in [0.29, 0.717) is 46.0 Å². The fraction of sp³-hybridized carbons (Fsp3) is 0.103. The lowest BCUT2D eigenvalue weighted by Crippen LogP contribution is -2.28. The highest BCUT2D eigenvalue weighted by Gasteiger charge is 2.33. The van der Waals surface area contributed by atoms with Crippen molar-refractivity contribution in [1.82, 2.24) is 4.90 Å². The zero-order valence-electron chi connectivity index (χ0n) is 20.4. The van der Waals surface area contributed by atoms with Crippen LogP contribution >= 0.6 is 11.8 Å². The van der Waals surface area contributed by atoms with Crippen molar-refractivity contribution >= 4 is 34.6 Å². The first kappa shape index (κ1) is 25.0. The number of carbonyl (C=O) groups is 1. The number of nitro groups is 1. The quantitative estimate of drug-likeness (QED) is 0.147. The number of non-ortho nitro benzene ring substituents is 1. The largest absolute Gasteiger partial charge is 0.496 e. The predicted octanol–water partition coefficient (Wildman–Crippen LogP) is 6.54. The Hall–Kier alpha value is -4.63. The Bertz CT molecular complexity index is 1530. The molecule has 1 aliphatic heterocycles. The molecule has 190 valence electrons. The van der Waals surface area contributed by atoms with Crippen molar-refractivity contribution in [2.45, 2.75) is 13.1 Å². The van der Waals surface area contributed by atoms with Crippen molar-refractivity contribution in [3.05, 3.63) is 123 Å². The van der Waals surface area contributed by atoms with Crippen LogP contribution in [0.3, 0.4) is 0 Å². The van der Waals surface area contributed by atoms with Gasteiger partial charge in [0.2, 0.25) is 0 Å². The summed E-state index contributed by atoms with van der Waals surface area (Å²) < 4.78 is 11.3. The normalized spacial score (nSPS) is 15.4. The molecule has 9 heteroatoms. The van der Waals surface area contributed by atoms with E-state index in [0.717, 1.165) is 11.1 Å². The minimum Gasteiger partial charge on any atom is -0.496 e. The third-order valence-corrected chi connectivity index (χ3v) is 6.92. The van der Waals surface area contributed by atoms with Crippen LogP contribution in [0.1, 0.15) is 16.9 Å². The van der Waals surface area contributed by atoms with Gasteiger partial charge in [0.15, 0.2) is 5.17 Å². The fourth-order valence-electron chi connectivity index (χ4n) is 3.97. The number of amides is 1. The SMILES string of the molecule is COc1cc([N+](=O)[O-])ccc1-c1ccc(/C=C2\SC(=NCc3ccccc3)N(Cc3ccccc3)C2=O)o1. The summed E-state index contributed by atoms with van der Waals surface area (Å²) in [5, 5.41) is 11.7. The molecule has 1 aliphatic rings. The van der Waals surface area contributed by atoms with Crippen LogP contribution in [-0.4, -0.2) is 28.0 Å². The van der Waals surface area contributed by atoms with Gasteiger partial charge in [0.1, 0.15) is 17.3 Å². The lowest BCUT2D eigenvalue weighted by molar-refractivity contribution is -0.384. The molecular weight excluding hydrogens is 502 g/mol. The number of hydrogen-bond donors (Lipinski definition) is 0. The molecule has 1 saturated heterocycles. The Labute approximate surface area is 223 Å². The number of aliphatic imine (C=N–C) groups is 1. The molecule has 38 heavy (non-hydrogen) atoms. The number of rotatable bonds is 8. The van der Waals surface area contributed by atoms with E-state index in [9.17, 15) is 14.9 Å². The van der Waals surface area contributed by atoms with E-state index in [1.807, 2.05) is 60.7 Å². The summed E-state index contributed by atoms with van der Waals surface area (Å²) in [6.45, 7) is 0.862. The van der Waals surface area contributed by atoms with Crippen LogP contribution in [-0.2, 0) is 17.9 Å². The maximum absolute atomic E-state index is 13.4. The van der Waals surface area contributed by atoms with Crippen LogP contribution in [0, 0.1) is 10.1 Å². The lowest BCUT2D eigenvalue weighted by atomic mass is 10.1. The maximum Gasteiger partial charge on any atom is 0.273 e. The number of methoxy groups -OCH3 is 1. The number of carbonyl (C=O) groups excluding carboxylic acids is 1. The number of benzene rings is 3. The van der Waals surface area contributed by atoms with Crippen LogP contribution in [0.2, 0.25) is 0 Å². The summed E-state index contributed by atoms with van der Waals surface area (Å²) in [6.07, 6.45) is 1.69. The van der Waals surface area contributed by atoms with Crippen molar-refractivity contribution in [3.8, 4) is 17.1 Å². The number of furan rings is 1. The number of ether oxygens (including phenoxy) is 1. The highest BCUT2D eigenvalue weighted by atomic mass is 32.2. The molecule has 0 unspecified atom stereocenters. The molecule has 1 fully saturated rings. The van der Waals surface area contributed by atoms with Crippen LogP contribution in [0.25, 0.3) is 17.4 Å². The number of thioether (sulfide) groups is 1. The number of hydrogen-bond acceptors (Lipinski definition) is 7. The predicted molar refractivity (Wildman–Crippen MR) is 147 cm³/mol. The Kier molecular flexibility index (Phi) is 7.37. The second-order valence-electron chi connectivity index (χ2n) is 8.42. The first-order chi connectivity index (χ1) is 18.5. The average molecular weight is 526 g/mol. The van der Waals surface area contributed by atoms with E-state index in [1.54, 1.807) is 29.2 Å². The molecule has 1 aromatic heterocycles. The van der Waals surface area contributed by atoms with E-state index in [1.165, 1.54) is 31.0 Å². The van der Waals surface area contributed by atoms with Crippen molar-refractivity contribution in [3.63, 3.8) is 0 Å². The molecule has 0 bridgehead atoms. The van der Waals surface area contributed by atoms with Crippen molar-refractivity contribution in [2.24, 2.45) is 4.99 Å². The van der Waals surface area contributed by atoms with Gasteiger partial charge in [0.05, 0.1) is 41.7 Å². The molecular formula is C29H23N3O5S. The molecule has 2 heterocycles. The van der Waals surface area contributed by atoms with Crippen LogP contribution in [0.4, 0.5) is 5.69 Å². The third-order valence-electron chi connectivity index (χ3n) is 5.87. The highest BCUT2D eigenvalue weighted by Crippen LogP contribution is 2.37. The molecule has 0 N–H and O–H groups in total. The Morgan fingerprint density at radius 1 is 1.00 bits per heavy atom. The molecule has 5 rings (SSSR count). The summed E-state index contributed by atoms with van der Waals surface area (Å²) >= 11 is 1.31. The van der Waals surface area contributed by atoms with E-state index in [-0.39, 0.29) is 11.6 Å². The van der Waals surface area contributed by atoms with Gasteiger partial charge < -0.3 is 9.15 Å². The van der Waals surface area contributed by atoms with Gasteiger partial charge in [-0.3, -0.25) is 24.8 Å². The average Bonchev–Trinajstić information content (AvgIpc) is 3.53. The van der Waals surface area contributed by atoms with E-state index < -0.39 is 4.92 Å². The summed E-state index contributed by atoms with van der Waals surface area (Å²) in [6, 6.07) is 27.5. The van der Waals surface area contributed by atoms with E-state index in [4.69, 9.17) is 14.1 Å². The topological polar surface area (TPSA) is 98.2 Å². The zero-order chi connectivity index (χ0) is 26.5. The Morgan fingerprint density at radius 2 is 1.71 bits per heavy atom. The summed E-state index contributed by atoms with van der Waals surface area (Å²) in [5.41, 5.74) is 2.55. The second kappa shape index (κ2) is 11.2. The van der Waals surface area contributed by atoms with Crippen molar-refractivity contribution in [1.29, 1.82) is 0 Å². The fourth-order valence-corrected chi connectivity index (χ4v) is 4.93. The molecule has 3 aromatic carbocycles. The molecule has 0 aliphatic carbocycles. The van der Waals surface area contributed by atoms with Gasteiger partial charge in [-0.1, -0.05) is 60.7 Å². The first-order valence-electron chi connectivity index (χ1n) is 11.8.